The van der Waals surface area contributed by atoms with Crippen molar-refractivity contribution in [2.24, 2.45) is 5.73 Å². The fraction of sp³-hybridized carbons (Fsp3) is 0.143. The molecule has 0 radical (unpaired) electrons. The Morgan fingerprint density at radius 2 is 2.00 bits per heavy atom. The Bertz CT molecular complexity index is 671. The lowest BCUT2D eigenvalue weighted by molar-refractivity contribution is 0.100. The van der Waals surface area contributed by atoms with Gasteiger partial charge in [-0.15, -0.1) is 0 Å². The Balaban J connectivity index is 2.73. The third-order valence-corrected chi connectivity index (χ3v) is 3.23. The number of aromatic nitrogens is 1. The standard InChI is InChI=1S/C14H12ClFN2O/c1-7-5-11(14(17)19)13(18-8(7)2)10-4-3-9(16)6-12(10)15/h3-6H,1-2H3,(H2,17,19). The summed E-state index contributed by atoms with van der Waals surface area (Å²) < 4.78 is 13.1. The van der Waals surface area contributed by atoms with Crippen LogP contribution in [0.4, 0.5) is 4.39 Å². The van der Waals surface area contributed by atoms with Crippen LogP contribution in [0.1, 0.15) is 21.6 Å². The minimum atomic E-state index is -0.592. The number of hydrogen-bond donors (Lipinski definition) is 1. The molecule has 19 heavy (non-hydrogen) atoms. The average Bonchev–Trinajstić information content (AvgIpc) is 2.32. The molecule has 1 aromatic heterocycles. The van der Waals surface area contributed by atoms with Crippen molar-refractivity contribution in [2.45, 2.75) is 13.8 Å². The second-order valence-electron chi connectivity index (χ2n) is 4.28. The average molecular weight is 279 g/mol. The number of rotatable bonds is 2. The lowest BCUT2D eigenvalue weighted by Gasteiger charge is -2.11. The lowest BCUT2D eigenvalue weighted by Crippen LogP contribution is -2.14. The molecule has 1 heterocycles. The highest BCUT2D eigenvalue weighted by atomic mass is 35.5. The number of nitrogens with zero attached hydrogens (tertiary/aromatic N) is 1. The Kier molecular flexibility index (Phi) is 3.53. The molecule has 0 saturated heterocycles. The van der Waals surface area contributed by atoms with Gasteiger partial charge in [0.15, 0.2) is 0 Å². The Morgan fingerprint density at radius 1 is 1.32 bits per heavy atom. The molecule has 0 bridgehead atoms. The molecule has 1 aromatic carbocycles. The first-order valence-electron chi connectivity index (χ1n) is 5.63. The van der Waals surface area contributed by atoms with Crippen LogP contribution < -0.4 is 5.73 Å². The van der Waals surface area contributed by atoms with E-state index in [1.54, 1.807) is 6.07 Å². The summed E-state index contributed by atoms with van der Waals surface area (Å²) in [5.74, 6) is -1.04. The largest absolute Gasteiger partial charge is 0.366 e. The maximum atomic E-state index is 13.1. The fourth-order valence-corrected chi connectivity index (χ4v) is 2.04. The van der Waals surface area contributed by atoms with Gasteiger partial charge in [0.05, 0.1) is 16.3 Å². The van der Waals surface area contributed by atoms with Crippen molar-refractivity contribution < 1.29 is 9.18 Å². The van der Waals surface area contributed by atoms with E-state index in [4.69, 9.17) is 17.3 Å². The van der Waals surface area contributed by atoms with Crippen LogP contribution in [0.5, 0.6) is 0 Å². The van der Waals surface area contributed by atoms with Crippen molar-refractivity contribution in [3.05, 3.63) is 51.9 Å². The van der Waals surface area contributed by atoms with Gasteiger partial charge in [0, 0.05) is 11.3 Å². The molecule has 2 rings (SSSR count). The van der Waals surface area contributed by atoms with Gasteiger partial charge in [-0.05, 0) is 43.7 Å². The van der Waals surface area contributed by atoms with Crippen molar-refractivity contribution >= 4 is 17.5 Å². The number of primary amides is 1. The summed E-state index contributed by atoms with van der Waals surface area (Å²) in [4.78, 5) is 15.8. The SMILES string of the molecule is Cc1cc(C(N)=O)c(-c2ccc(F)cc2Cl)nc1C. The summed E-state index contributed by atoms with van der Waals surface area (Å²) in [6.07, 6.45) is 0. The van der Waals surface area contributed by atoms with Gasteiger partial charge in [-0.1, -0.05) is 11.6 Å². The van der Waals surface area contributed by atoms with E-state index in [1.165, 1.54) is 18.2 Å². The van der Waals surface area contributed by atoms with E-state index in [9.17, 15) is 9.18 Å². The zero-order valence-electron chi connectivity index (χ0n) is 10.5. The molecule has 0 saturated carbocycles. The van der Waals surface area contributed by atoms with Crippen LogP contribution in [-0.4, -0.2) is 10.9 Å². The number of aryl methyl sites for hydroxylation is 2. The van der Waals surface area contributed by atoms with E-state index in [0.29, 0.717) is 11.3 Å². The van der Waals surface area contributed by atoms with Crippen LogP contribution in [0.15, 0.2) is 24.3 Å². The molecule has 5 heteroatoms. The number of carbonyl (C=O) groups excluding carboxylic acids is 1. The molecule has 0 aliphatic heterocycles. The summed E-state index contributed by atoms with van der Waals surface area (Å²) in [5, 5.41) is 0.193. The van der Waals surface area contributed by atoms with E-state index < -0.39 is 11.7 Å². The number of amides is 1. The van der Waals surface area contributed by atoms with Crippen LogP contribution in [0.25, 0.3) is 11.3 Å². The Hall–Kier alpha value is -1.94. The third kappa shape index (κ3) is 2.58. The van der Waals surface area contributed by atoms with Gasteiger partial charge >= 0.3 is 0 Å². The molecule has 2 aromatic rings. The number of halogens is 2. The Labute approximate surface area is 115 Å². The van der Waals surface area contributed by atoms with E-state index in [-0.39, 0.29) is 10.6 Å². The van der Waals surface area contributed by atoms with E-state index in [2.05, 4.69) is 4.98 Å². The number of nitrogens with two attached hydrogens (primary N) is 1. The highest BCUT2D eigenvalue weighted by Crippen LogP contribution is 2.30. The highest BCUT2D eigenvalue weighted by molar-refractivity contribution is 6.33. The van der Waals surface area contributed by atoms with Crippen LogP contribution in [0.3, 0.4) is 0 Å². The quantitative estimate of drug-likeness (QED) is 0.917. The molecule has 0 atom stereocenters. The molecule has 0 aliphatic carbocycles. The van der Waals surface area contributed by atoms with E-state index >= 15 is 0 Å². The van der Waals surface area contributed by atoms with Crippen LogP contribution in [0.2, 0.25) is 5.02 Å². The summed E-state index contributed by atoms with van der Waals surface area (Å²) in [6, 6.07) is 5.60. The smallest absolute Gasteiger partial charge is 0.250 e. The van der Waals surface area contributed by atoms with Crippen LogP contribution in [0, 0.1) is 19.7 Å². The first-order chi connectivity index (χ1) is 8.90. The van der Waals surface area contributed by atoms with Gasteiger partial charge in [-0.25, -0.2) is 4.39 Å². The molecule has 3 nitrogen and oxygen atoms in total. The molecule has 98 valence electrons. The van der Waals surface area contributed by atoms with Gasteiger partial charge in [-0.2, -0.15) is 0 Å². The summed E-state index contributed by atoms with van der Waals surface area (Å²) in [7, 11) is 0. The zero-order valence-corrected chi connectivity index (χ0v) is 11.3. The lowest BCUT2D eigenvalue weighted by atomic mass is 10.0. The van der Waals surface area contributed by atoms with Gasteiger partial charge in [-0.3, -0.25) is 9.78 Å². The molecular weight excluding hydrogens is 267 g/mol. The summed E-state index contributed by atoms with van der Waals surface area (Å²) >= 11 is 6.00. The first kappa shape index (κ1) is 13.5. The number of benzene rings is 1. The second kappa shape index (κ2) is 4.97. The monoisotopic (exact) mass is 278 g/mol. The van der Waals surface area contributed by atoms with Crippen LogP contribution >= 0.6 is 11.6 Å². The molecule has 1 amide bonds. The molecular formula is C14H12ClFN2O. The second-order valence-corrected chi connectivity index (χ2v) is 4.68. The number of carbonyl (C=O) groups is 1. The topological polar surface area (TPSA) is 56.0 Å². The zero-order chi connectivity index (χ0) is 14.2. The molecule has 0 aliphatic rings. The Morgan fingerprint density at radius 3 is 2.58 bits per heavy atom. The number of hydrogen-bond acceptors (Lipinski definition) is 2. The molecule has 0 fully saturated rings. The fourth-order valence-electron chi connectivity index (χ4n) is 1.78. The van der Waals surface area contributed by atoms with Gasteiger partial charge in [0.25, 0.3) is 5.91 Å². The maximum Gasteiger partial charge on any atom is 0.250 e. The van der Waals surface area contributed by atoms with E-state index in [1.807, 2.05) is 13.8 Å². The predicted molar refractivity (Wildman–Crippen MR) is 72.6 cm³/mol. The minimum Gasteiger partial charge on any atom is -0.366 e. The minimum absolute atomic E-state index is 0.193. The van der Waals surface area contributed by atoms with Gasteiger partial charge in [0.2, 0.25) is 0 Å². The maximum absolute atomic E-state index is 13.1. The van der Waals surface area contributed by atoms with E-state index in [0.717, 1.165) is 11.3 Å². The van der Waals surface area contributed by atoms with Crippen molar-refractivity contribution in [3.8, 4) is 11.3 Å². The summed E-state index contributed by atoms with van der Waals surface area (Å²) in [6.45, 7) is 3.66. The van der Waals surface area contributed by atoms with Crippen molar-refractivity contribution in [3.63, 3.8) is 0 Å². The number of pyridine rings is 1. The van der Waals surface area contributed by atoms with Crippen molar-refractivity contribution in [1.29, 1.82) is 0 Å². The third-order valence-electron chi connectivity index (χ3n) is 2.92. The van der Waals surface area contributed by atoms with Gasteiger partial charge in [0.1, 0.15) is 5.82 Å². The first-order valence-corrected chi connectivity index (χ1v) is 6.01. The normalized spacial score (nSPS) is 10.5. The molecule has 0 spiro atoms. The van der Waals surface area contributed by atoms with Crippen molar-refractivity contribution in [2.75, 3.05) is 0 Å². The summed E-state index contributed by atoms with van der Waals surface area (Å²) in [5.41, 5.74) is 8.11. The molecule has 2 N–H and O–H groups in total. The highest BCUT2D eigenvalue weighted by Gasteiger charge is 2.16. The van der Waals surface area contributed by atoms with Crippen molar-refractivity contribution in [1.82, 2.24) is 4.98 Å². The van der Waals surface area contributed by atoms with Crippen LogP contribution in [-0.2, 0) is 0 Å². The molecule has 0 unspecified atom stereocenters. The predicted octanol–water partition coefficient (Wildman–Crippen LogP) is 3.26. The van der Waals surface area contributed by atoms with Gasteiger partial charge < -0.3 is 5.73 Å².